The lowest BCUT2D eigenvalue weighted by molar-refractivity contribution is 0.263. The van der Waals surface area contributed by atoms with Crippen LogP contribution in [0.2, 0.25) is 0 Å². The van der Waals surface area contributed by atoms with Crippen LogP contribution in [0.5, 0.6) is 0 Å². The Morgan fingerprint density at radius 3 is 0.892 bits per heavy atom. The number of alkyl halides is 1. The van der Waals surface area contributed by atoms with Gasteiger partial charge >= 0.3 is 0 Å². The van der Waals surface area contributed by atoms with Crippen LogP contribution in [0.1, 0.15) is 220 Å². The van der Waals surface area contributed by atoms with Gasteiger partial charge in [-0.2, -0.15) is 0 Å². The molecule has 0 N–H and O–H groups in total. The summed E-state index contributed by atoms with van der Waals surface area (Å²) in [5.41, 5.74) is 0. The maximum absolute atomic E-state index is 7.75. The minimum atomic E-state index is 0.0695. The summed E-state index contributed by atoms with van der Waals surface area (Å²) in [5, 5.41) is 0. The third-order valence-electron chi connectivity index (χ3n) is 8.94. The van der Waals surface area contributed by atoms with E-state index in [0.717, 1.165) is 5.92 Å². The van der Waals surface area contributed by atoms with Crippen LogP contribution in [-0.4, -0.2) is 4.87 Å². The Bertz CT molecular complexity index is 401. The summed E-state index contributed by atoms with van der Waals surface area (Å²) in [7, 11) is 0. The van der Waals surface area contributed by atoms with Crippen molar-refractivity contribution in [3.05, 3.63) is 0 Å². The second-order valence-corrected chi connectivity index (χ2v) is 13.3. The number of unbranched alkanes of at least 4 members (excludes halogenated alkanes) is 22. The first-order valence-electron chi connectivity index (χ1n) is 17.8. The van der Waals surface area contributed by atoms with Crippen LogP contribution in [0.25, 0.3) is 0 Å². The van der Waals surface area contributed by atoms with Crippen molar-refractivity contribution >= 4 is 11.6 Å². The number of halogens is 1. The molecule has 0 saturated carbocycles. The fourth-order valence-electron chi connectivity index (χ4n) is 6.29. The van der Waals surface area contributed by atoms with Crippen molar-refractivity contribution in [2.24, 2.45) is 5.92 Å². The average molecular weight is 541 g/mol. The molecule has 0 aliphatic heterocycles. The molecule has 0 aromatic rings. The van der Waals surface area contributed by atoms with Crippen LogP contribution in [0.3, 0.4) is 0 Å². The number of hydrogen-bond acceptors (Lipinski definition) is 0. The largest absolute Gasteiger partial charge is 0.119 e. The minimum Gasteiger partial charge on any atom is -0.119 e. The molecule has 0 heterocycles. The van der Waals surface area contributed by atoms with Gasteiger partial charge in [-0.1, -0.05) is 195 Å². The highest BCUT2D eigenvalue weighted by Crippen LogP contribution is 2.42. The molecule has 1 heteroatoms. The van der Waals surface area contributed by atoms with Crippen LogP contribution >= 0.6 is 11.6 Å². The molecule has 0 bridgehead atoms. The summed E-state index contributed by atoms with van der Waals surface area (Å²) < 4.78 is 0. The van der Waals surface area contributed by atoms with Crippen molar-refractivity contribution in [1.29, 1.82) is 0 Å². The summed E-state index contributed by atoms with van der Waals surface area (Å²) in [6.45, 7) is 9.29. The highest BCUT2D eigenvalue weighted by molar-refractivity contribution is 6.24. The molecule has 37 heavy (non-hydrogen) atoms. The van der Waals surface area contributed by atoms with E-state index >= 15 is 0 Å². The lowest BCUT2D eigenvalue weighted by atomic mass is 9.77. The van der Waals surface area contributed by atoms with Gasteiger partial charge < -0.3 is 0 Å². The highest BCUT2D eigenvalue weighted by Gasteiger charge is 2.35. The zero-order valence-corrected chi connectivity index (χ0v) is 27.4. The van der Waals surface area contributed by atoms with Gasteiger partial charge in [-0.25, -0.2) is 0 Å². The van der Waals surface area contributed by atoms with Crippen LogP contribution in [-0.2, 0) is 0 Å². The fourth-order valence-corrected chi connectivity index (χ4v) is 6.77. The summed E-state index contributed by atoms with van der Waals surface area (Å²) in [6.07, 6.45) is 41.8. The summed E-state index contributed by atoms with van der Waals surface area (Å²) in [5.74, 6) is 0.742. The molecule has 0 aromatic heterocycles. The topological polar surface area (TPSA) is 0 Å². The zero-order chi connectivity index (χ0) is 27.3. The molecular weight excluding hydrogens is 468 g/mol. The Hall–Kier alpha value is 0.290. The van der Waals surface area contributed by atoms with E-state index in [2.05, 4.69) is 27.7 Å². The van der Waals surface area contributed by atoms with Gasteiger partial charge in [-0.05, 0) is 31.6 Å². The average Bonchev–Trinajstić information content (AvgIpc) is 2.90. The molecule has 0 nitrogen and oxygen atoms in total. The molecule has 0 saturated heterocycles. The molecule has 0 aromatic carbocycles. The maximum Gasteiger partial charge on any atom is 0.0475 e. The van der Waals surface area contributed by atoms with Crippen molar-refractivity contribution in [2.45, 2.75) is 225 Å². The van der Waals surface area contributed by atoms with Gasteiger partial charge in [0.2, 0.25) is 0 Å². The highest BCUT2D eigenvalue weighted by atomic mass is 35.5. The molecule has 1 unspecified atom stereocenters. The molecule has 0 rings (SSSR count). The van der Waals surface area contributed by atoms with Crippen molar-refractivity contribution in [3.63, 3.8) is 0 Å². The van der Waals surface area contributed by atoms with Gasteiger partial charge in [-0.15, -0.1) is 11.6 Å². The van der Waals surface area contributed by atoms with Gasteiger partial charge in [0.15, 0.2) is 0 Å². The summed E-state index contributed by atoms with van der Waals surface area (Å²) in [4.78, 5) is 0.0695. The minimum absolute atomic E-state index is 0.0695. The lowest BCUT2D eigenvalue weighted by Crippen LogP contribution is -2.32. The van der Waals surface area contributed by atoms with Gasteiger partial charge in [-0.3, -0.25) is 0 Å². The van der Waals surface area contributed by atoms with Crippen molar-refractivity contribution < 1.29 is 0 Å². The Morgan fingerprint density at radius 2 is 0.595 bits per heavy atom. The monoisotopic (exact) mass is 541 g/mol. The summed E-state index contributed by atoms with van der Waals surface area (Å²) in [6, 6.07) is 0. The van der Waals surface area contributed by atoms with Gasteiger partial charge in [0.05, 0.1) is 0 Å². The van der Waals surface area contributed by atoms with E-state index in [4.69, 9.17) is 11.6 Å². The van der Waals surface area contributed by atoms with Gasteiger partial charge in [0.1, 0.15) is 0 Å². The van der Waals surface area contributed by atoms with Gasteiger partial charge in [0.25, 0.3) is 0 Å². The second-order valence-electron chi connectivity index (χ2n) is 12.6. The van der Waals surface area contributed by atoms with Crippen LogP contribution in [0, 0.1) is 5.92 Å². The molecule has 0 aliphatic carbocycles. The standard InChI is InChI=1S/C36H73Cl/c1-5-9-13-17-21-22-24-28-32-35(31-27-23-18-14-10-6-2)36(37,33-29-25-19-15-11-7-3)34-30-26-20-16-12-8-4/h35H,5-34H2,1-4H3. The van der Waals surface area contributed by atoms with E-state index in [1.807, 2.05) is 0 Å². The Labute approximate surface area is 242 Å². The normalized spacial score (nSPS) is 12.9. The van der Waals surface area contributed by atoms with E-state index in [1.165, 1.54) is 193 Å². The van der Waals surface area contributed by atoms with Crippen LogP contribution < -0.4 is 0 Å². The first-order valence-corrected chi connectivity index (χ1v) is 18.2. The lowest BCUT2D eigenvalue weighted by Gasteiger charge is -2.37. The van der Waals surface area contributed by atoms with E-state index < -0.39 is 0 Å². The molecule has 0 amide bonds. The third kappa shape index (κ3) is 23.9. The van der Waals surface area contributed by atoms with Crippen LogP contribution in [0.15, 0.2) is 0 Å². The third-order valence-corrected chi connectivity index (χ3v) is 9.62. The van der Waals surface area contributed by atoms with E-state index in [0.29, 0.717) is 0 Å². The fraction of sp³-hybridized carbons (Fsp3) is 1.00. The molecular formula is C36H73Cl. The Balaban J connectivity index is 4.89. The summed E-state index contributed by atoms with van der Waals surface area (Å²) >= 11 is 7.75. The van der Waals surface area contributed by atoms with Crippen molar-refractivity contribution in [2.75, 3.05) is 0 Å². The van der Waals surface area contributed by atoms with E-state index in [9.17, 15) is 0 Å². The molecule has 224 valence electrons. The maximum atomic E-state index is 7.75. The number of hydrogen-bond donors (Lipinski definition) is 0. The first-order chi connectivity index (χ1) is 18.1. The smallest absolute Gasteiger partial charge is 0.0475 e. The van der Waals surface area contributed by atoms with Crippen LogP contribution in [0.4, 0.5) is 0 Å². The Kier molecular flexibility index (Phi) is 29.5. The van der Waals surface area contributed by atoms with Gasteiger partial charge in [0, 0.05) is 4.87 Å². The molecule has 0 aliphatic rings. The Morgan fingerprint density at radius 1 is 0.351 bits per heavy atom. The first kappa shape index (κ1) is 37.3. The molecule has 1 atom stereocenters. The molecule has 0 radical (unpaired) electrons. The van der Waals surface area contributed by atoms with Crippen molar-refractivity contribution in [3.8, 4) is 0 Å². The molecule has 0 spiro atoms. The number of rotatable bonds is 31. The zero-order valence-electron chi connectivity index (χ0n) is 26.7. The van der Waals surface area contributed by atoms with Crippen molar-refractivity contribution in [1.82, 2.24) is 0 Å². The second kappa shape index (κ2) is 29.3. The van der Waals surface area contributed by atoms with E-state index in [1.54, 1.807) is 0 Å². The predicted molar refractivity (Wildman–Crippen MR) is 173 cm³/mol. The van der Waals surface area contributed by atoms with E-state index in [-0.39, 0.29) is 4.87 Å². The quantitative estimate of drug-likeness (QED) is 0.0605. The molecule has 0 fully saturated rings. The SMILES string of the molecule is CCCCCCCCCCC(CCCCCCCC)C(Cl)(CCCCCCCC)CCCCCCCC. The predicted octanol–water partition coefficient (Wildman–Crippen LogP) is 14.4.